The zero-order chi connectivity index (χ0) is 16.4. The molecule has 24 heavy (non-hydrogen) atoms. The molecule has 0 aromatic carbocycles. The number of pyridine rings is 1. The molecule has 4 rings (SSSR count). The van der Waals surface area contributed by atoms with Crippen molar-refractivity contribution in [2.45, 2.75) is 37.8 Å². The summed E-state index contributed by atoms with van der Waals surface area (Å²) in [5, 5.41) is 0. The topological polar surface area (TPSA) is 45.2 Å². The highest BCUT2D eigenvalue weighted by Crippen LogP contribution is 2.38. The van der Waals surface area contributed by atoms with Crippen molar-refractivity contribution in [3.05, 3.63) is 48.3 Å². The molecule has 2 aromatic heterocycles. The average Bonchev–Trinajstić information content (AvgIpc) is 2.98. The zero-order valence-corrected chi connectivity index (χ0v) is 13.7. The molecule has 0 amide bonds. The van der Waals surface area contributed by atoms with Crippen molar-refractivity contribution in [2.24, 2.45) is 0 Å². The van der Waals surface area contributed by atoms with E-state index in [0.717, 1.165) is 32.6 Å². The zero-order valence-electron chi connectivity index (χ0n) is 13.7. The highest BCUT2D eigenvalue weighted by atomic mass is 19.1. The van der Waals surface area contributed by atoms with Crippen molar-refractivity contribution in [3.8, 4) is 0 Å². The van der Waals surface area contributed by atoms with Crippen molar-refractivity contribution in [3.63, 3.8) is 0 Å². The van der Waals surface area contributed by atoms with Crippen LogP contribution in [0.3, 0.4) is 0 Å². The Morgan fingerprint density at radius 3 is 2.50 bits per heavy atom. The summed E-state index contributed by atoms with van der Waals surface area (Å²) in [5.41, 5.74) is 1.49. The fraction of sp³-hybridized carbons (Fsp3) is 0.500. The molecule has 0 aliphatic carbocycles. The average molecular weight is 327 g/mol. The van der Waals surface area contributed by atoms with Crippen LogP contribution in [0, 0.1) is 5.82 Å². The van der Waals surface area contributed by atoms with E-state index in [4.69, 9.17) is 0 Å². The molecule has 1 atom stereocenters. The summed E-state index contributed by atoms with van der Waals surface area (Å²) in [4.78, 5) is 17.3. The Kier molecular flexibility index (Phi) is 4.14. The van der Waals surface area contributed by atoms with Crippen LogP contribution in [0.4, 0.5) is 10.3 Å². The summed E-state index contributed by atoms with van der Waals surface area (Å²) in [5.74, 6) is 0.261. The molecular formula is C18H22FN5. The third-order valence-electron chi connectivity index (χ3n) is 5.31. The molecule has 2 aliphatic rings. The molecule has 2 fully saturated rings. The van der Waals surface area contributed by atoms with E-state index in [-0.39, 0.29) is 11.4 Å². The fourth-order valence-corrected chi connectivity index (χ4v) is 4.16. The lowest BCUT2D eigenvalue weighted by atomic mass is 9.86. The van der Waals surface area contributed by atoms with E-state index >= 15 is 0 Å². The number of rotatable bonds is 3. The predicted octanol–water partition coefficient (Wildman–Crippen LogP) is 2.65. The van der Waals surface area contributed by atoms with E-state index < -0.39 is 0 Å². The first-order valence-corrected chi connectivity index (χ1v) is 8.62. The van der Waals surface area contributed by atoms with Crippen LogP contribution in [-0.4, -0.2) is 45.0 Å². The standard InChI is InChI=1S/C18H22FN5/c19-16-11-21-17(22-12-16)23-9-1-5-18(14-23)6-2-10-24(18)13-15-3-7-20-8-4-15/h3-4,7-8,11-12H,1-2,5-6,9-10,13-14H2. The SMILES string of the molecule is Fc1cnc(N2CCCC3(CCCN3Cc3ccncc3)C2)nc1. The van der Waals surface area contributed by atoms with E-state index in [1.807, 2.05) is 12.4 Å². The number of nitrogens with zero attached hydrogens (tertiary/aromatic N) is 5. The number of hydrogen-bond donors (Lipinski definition) is 0. The summed E-state index contributed by atoms with van der Waals surface area (Å²) in [7, 11) is 0. The first-order chi connectivity index (χ1) is 11.8. The van der Waals surface area contributed by atoms with Crippen molar-refractivity contribution in [1.82, 2.24) is 19.9 Å². The van der Waals surface area contributed by atoms with Gasteiger partial charge in [-0.1, -0.05) is 0 Å². The highest BCUT2D eigenvalue weighted by molar-refractivity contribution is 5.32. The van der Waals surface area contributed by atoms with Crippen LogP contribution in [0.15, 0.2) is 36.9 Å². The molecular weight excluding hydrogens is 305 g/mol. The third kappa shape index (κ3) is 2.98. The van der Waals surface area contributed by atoms with Crippen molar-refractivity contribution < 1.29 is 4.39 Å². The summed E-state index contributed by atoms with van der Waals surface area (Å²) in [6, 6.07) is 4.19. The van der Waals surface area contributed by atoms with Gasteiger partial charge in [0, 0.05) is 37.6 Å². The maximum atomic E-state index is 13.1. The van der Waals surface area contributed by atoms with Crippen molar-refractivity contribution >= 4 is 5.95 Å². The number of anilines is 1. The summed E-state index contributed by atoms with van der Waals surface area (Å²) in [6.07, 6.45) is 11.0. The van der Waals surface area contributed by atoms with E-state index in [1.54, 1.807) is 0 Å². The molecule has 4 heterocycles. The molecule has 1 unspecified atom stereocenters. The molecule has 0 radical (unpaired) electrons. The fourth-order valence-electron chi connectivity index (χ4n) is 4.16. The third-order valence-corrected chi connectivity index (χ3v) is 5.31. The maximum Gasteiger partial charge on any atom is 0.225 e. The van der Waals surface area contributed by atoms with Crippen LogP contribution in [0.25, 0.3) is 0 Å². The lowest BCUT2D eigenvalue weighted by Gasteiger charge is -2.46. The van der Waals surface area contributed by atoms with Gasteiger partial charge in [0.2, 0.25) is 5.95 Å². The first kappa shape index (κ1) is 15.4. The molecule has 2 saturated heterocycles. The Morgan fingerprint density at radius 2 is 1.75 bits per heavy atom. The van der Waals surface area contributed by atoms with E-state index in [2.05, 4.69) is 36.9 Å². The Balaban J connectivity index is 1.53. The predicted molar refractivity (Wildman–Crippen MR) is 90.0 cm³/mol. The van der Waals surface area contributed by atoms with Gasteiger partial charge >= 0.3 is 0 Å². The minimum absolute atomic E-state index is 0.180. The van der Waals surface area contributed by atoms with E-state index in [1.165, 1.54) is 37.2 Å². The maximum absolute atomic E-state index is 13.1. The van der Waals surface area contributed by atoms with E-state index in [9.17, 15) is 4.39 Å². The summed E-state index contributed by atoms with van der Waals surface area (Å²) >= 11 is 0. The lowest BCUT2D eigenvalue weighted by Crippen LogP contribution is -2.55. The number of aromatic nitrogens is 3. The van der Waals surface area contributed by atoms with Gasteiger partial charge in [-0.05, 0) is 49.9 Å². The van der Waals surface area contributed by atoms with Crippen LogP contribution in [-0.2, 0) is 6.54 Å². The number of likely N-dealkylation sites (tertiary alicyclic amines) is 1. The van der Waals surface area contributed by atoms with Crippen LogP contribution < -0.4 is 4.90 Å². The van der Waals surface area contributed by atoms with Gasteiger partial charge in [0.15, 0.2) is 5.82 Å². The molecule has 0 saturated carbocycles. The highest BCUT2D eigenvalue weighted by Gasteiger charge is 2.44. The molecule has 6 heteroatoms. The minimum Gasteiger partial charge on any atom is -0.339 e. The van der Waals surface area contributed by atoms with Gasteiger partial charge < -0.3 is 4.90 Å². The Hall–Kier alpha value is -2.08. The first-order valence-electron chi connectivity index (χ1n) is 8.62. The molecule has 2 aromatic rings. The smallest absolute Gasteiger partial charge is 0.225 e. The molecule has 2 aliphatic heterocycles. The molecule has 0 N–H and O–H groups in total. The summed E-state index contributed by atoms with van der Waals surface area (Å²) in [6.45, 7) is 3.95. The minimum atomic E-state index is -0.384. The monoisotopic (exact) mass is 327 g/mol. The Labute approximate surface area is 141 Å². The number of hydrogen-bond acceptors (Lipinski definition) is 5. The normalized spacial score (nSPS) is 24.6. The Bertz CT molecular complexity index is 678. The second-order valence-corrected chi connectivity index (χ2v) is 6.83. The van der Waals surface area contributed by atoms with Gasteiger partial charge in [0.05, 0.1) is 12.4 Å². The lowest BCUT2D eigenvalue weighted by molar-refractivity contribution is 0.108. The Morgan fingerprint density at radius 1 is 1.04 bits per heavy atom. The van der Waals surface area contributed by atoms with Crippen LogP contribution in [0.5, 0.6) is 0 Å². The van der Waals surface area contributed by atoms with E-state index in [0.29, 0.717) is 5.95 Å². The van der Waals surface area contributed by atoms with Gasteiger partial charge in [-0.3, -0.25) is 9.88 Å². The number of piperidine rings is 1. The summed E-state index contributed by atoms with van der Waals surface area (Å²) < 4.78 is 13.1. The molecule has 126 valence electrons. The molecule has 0 bridgehead atoms. The second-order valence-electron chi connectivity index (χ2n) is 6.83. The van der Waals surface area contributed by atoms with Gasteiger partial charge in [-0.15, -0.1) is 0 Å². The molecule has 1 spiro atoms. The van der Waals surface area contributed by atoms with Crippen molar-refractivity contribution in [2.75, 3.05) is 24.5 Å². The largest absolute Gasteiger partial charge is 0.339 e. The molecule has 5 nitrogen and oxygen atoms in total. The number of halogens is 1. The van der Waals surface area contributed by atoms with Gasteiger partial charge in [0.1, 0.15) is 0 Å². The van der Waals surface area contributed by atoms with Crippen molar-refractivity contribution in [1.29, 1.82) is 0 Å². The van der Waals surface area contributed by atoms with Gasteiger partial charge in [-0.25, -0.2) is 14.4 Å². The van der Waals surface area contributed by atoms with Gasteiger partial charge in [-0.2, -0.15) is 0 Å². The van der Waals surface area contributed by atoms with Crippen LogP contribution in [0.1, 0.15) is 31.2 Å². The second kappa shape index (κ2) is 6.43. The van der Waals surface area contributed by atoms with Crippen LogP contribution >= 0.6 is 0 Å². The van der Waals surface area contributed by atoms with Gasteiger partial charge in [0.25, 0.3) is 0 Å². The van der Waals surface area contributed by atoms with Crippen LogP contribution in [0.2, 0.25) is 0 Å². The quantitative estimate of drug-likeness (QED) is 0.867.